The van der Waals surface area contributed by atoms with Gasteiger partial charge in [0.2, 0.25) is 0 Å². The molecular formula is C16H21BClNO4. The van der Waals surface area contributed by atoms with E-state index in [1.165, 1.54) is 6.07 Å². The molecule has 7 heteroatoms. The highest BCUT2D eigenvalue weighted by Gasteiger charge is 2.52. The van der Waals surface area contributed by atoms with Crippen molar-refractivity contribution in [2.75, 3.05) is 6.54 Å². The minimum atomic E-state index is -0.622. The molecule has 23 heavy (non-hydrogen) atoms. The molecule has 1 aromatic carbocycles. The molecule has 1 heterocycles. The number of rotatable bonds is 4. The van der Waals surface area contributed by atoms with Gasteiger partial charge in [-0.1, -0.05) is 17.7 Å². The predicted molar refractivity (Wildman–Crippen MR) is 91.6 cm³/mol. The van der Waals surface area contributed by atoms with Gasteiger partial charge in [0, 0.05) is 17.1 Å². The zero-order chi connectivity index (χ0) is 17.4. The molecule has 2 rings (SSSR count). The Morgan fingerprint density at radius 2 is 1.78 bits per heavy atom. The number of aldehydes is 1. The van der Waals surface area contributed by atoms with Gasteiger partial charge in [0.15, 0.2) is 6.29 Å². The number of aromatic hydroxyl groups is 1. The van der Waals surface area contributed by atoms with E-state index in [0.717, 1.165) is 0 Å². The van der Waals surface area contributed by atoms with Gasteiger partial charge in [-0.25, -0.2) is 0 Å². The van der Waals surface area contributed by atoms with Gasteiger partial charge in [-0.15, -0.1) is 0 Å². The lowest BCUT2D eigenvalue weighted by Gasteiger charge is -2.32. The molecule has 5 nitrogen and oxygen atoms in total. The quantitative estimate of drug-likeness (QED) is 0.652. The van der Waals surface area contributed by atoms with Crippen LogP contribution < -0.4 is 5.73 Å². The monoisotopic (exact) mass is 337 g/mol. The van der Waals surface area contributed by atoms with E-state index in [4.69, 9.17) is 26.6 Å². The van der Waals surface area contributed by atoms with Crippen molar-refractivity contribution in [2.24, 2.45) is 5.73 Å². The summed E-state index contributed by atoms with van der Waals surface area (Å²) in [5.41, 5.74) is 6.01. The van der Waals surface area contributed by atoms with Gasteiger partial charge in [0.1, 0.15) is 5.75 Å². The molecule has 0 unspecified atom stereocenters. The molecule has 0 aliphatic carbocycles. The first-order valence-electron chi connectivity index (χ1n) is 7.35. The van der Waals surface area contributed by atoms with Crippen LogP contribution in [0.1, 0.15) is 43.6 Å². The van der Waals surface area contributed by atoms with Gasteiger partial charge in [-0.2, -0.15) is 0 Å². The van der Waals surface area contributed by atoms with Crippen LogP contribution in [0, 0.1) is 0 Å². The molecule has 0 amide bonds. The van der Waals surface area contributed by atoms with Crippen LogP contribution in [0.4, 0.5) is 0 Å². The van der Waals surface area contributed by atoms with Crippen molar-refractivity contribution in [1.29, 1.82) is 0 Å². The first kappa shape index (κ1) is 18.0. The molecule has 0 spiro atoms. The third kappa shape index (κ3) is 3.45. The van der Waals surface area contributed by atoms with Crippen molar-refractivity contribution < 1.29 is 19.2 Å². The highest BCUT2D eigenvalue weighted by atomic mass is 35.5. The van der Waals surface area contributed by atoms with Crippen molar-refractivity contribution in [3.8, 4) is 5.75 Å². The van der Waals surface area contributed by atoms with E-state index in [0.29, 0.717) is 22.3 Å². The van der Waals surface area contributed by atoms with Gasteiger partial charge >= 0.3 is 7.12 Å². The Morgan fingerprint density at radius 3 is 2.26 bits per heavy atom. The van der Waals surface area contributed by atoms with Crippen LogP contribution in [0.5, 0.6) is 5.75 Å². The molecular weight excluding hydrogens is 316 g/mol. The highest BCUT2D eigenvalue weighted by molar-refractivity contribution is 6.56. The van der Waals surface area contributed by atoms with E-state index in [1.54, 1.807) is 12.1 Å². The largest absolute Gasteiger partial charge is 0.507 e. The fraction of sp³-hybridized carbons (Fsp3) is 0.438. The summed E-state index contributed by atoms with van der Waals surface area (Å²) in [6, 6.07) is 2.96. The standard InChI is InChI=1S/C16H21BClNO4/c1-15(2)16(3,4)23-17(22-15)12(8-19)5-10-6-13(18)7-11(9-20)14(10)21/h5-7,9,21H,8,19H2,1-4H3. The number of benzene rings is 1. The lowest BCUT2D eigenvalue weighted by molar-refractivity contribution is 0.00578. The molecule has 3 N–H and O–H groups in total. The number of phenolic OH excluding ortho intramolecular Hbond substituents is 1. The second-order valence-electron chi connectivity index (χ2n) is 6.56. The summed E-state index contributed by atoms with van der Waals surface area (Å²) in [4.78, 5) is 11.0. The Labute approximate surface area is 141 Å². The van der Waals surface area contributed by atoms with Crippen molar-refractivity contribution in [2.45, 2.75) is 38.9 Å². The van der Waals surface area contributed by atoms with Crippen LogP contribution in [0.25, 0.3) is 6.08 Å². The van der Waals surface area contributed by atoms with Crippen LogP contribution in [-0.4, -0.2) is 36.3 Å². The highest BCUT2D eigenvalue weighted by Crippen LogP contribution is 2.39. The third-order valence-electron chi connectivity index (χ3n) is 4.39. The van der Waals surface area contributed by atoms with E-state index in [-0.39, 0.29) is 17.9 Å². The van der Waals surface area contributed by atoms with E-state index in [2.05, 4.69) is 0 Å². The van der Waals surface area contributed by atoms with Crippen molar-refractivity contribution >= 4 is 31.1 Å². The summed E-state index contributed by atoms with van der Waals surface area (Å²) < 4.78 is 11.9. The Morgan fingerprint density at radius 1 is 1.26 bits per heavy atom. The van der Waals surface area contributed by atoms with Crippen LogP contribution in [0.3, 0.4) is 0 Å². The second kappa shape index (κ2) is 6.28. The molecule has 0 aromatic heterocycles. The van der Waals surface area contributed by atoms with Crippen molar-refractivity contribution in [3.63, 3.8) is 0 Å². The van der Waals surface area contributed by atoms with E-state index < -0.39 is 18.3 Å². The molecule has 1 aromatic rings. The minimum absolute atomic E-state index is 0.119. The smallest absolute Gasteiger partial charge is 0.491 e. The molecule has 0 bridgehead atoms. The molecule has 1 saturated heterocycles. The lowest BCUT2D eigenvalue weighted by atomic mass is 9.77. The van der Waals surface area contributed by atoms with E-state index >= 15 is 0 Å². The zero-order valence-corrected chi connectivity index (χ0v) is 14.5. The second-order valence-corrected chi connectivity index (χ2v) is 7.00. The van der Waals surface area contributed by atoms with Gasteiger partial charge in [-0.3, -0.25) is 4.79 Å². The molecule has 124 valence electrons. The summed E-state index contributed by atoms with van der Waals surface area (Å²) in [5.74, 6) is -0.146. The summed E-state index contributed by atoms with van der Waals surface area (Å²) >= 11 is 5.98. The van der Waals surface area contributed by atoms with Crippen molar-refractivity contribution in [1.82, 2.24) is 0 Å². The van der Waals surface area contributed by atoms with Gasteiger partial charge in [0.05, 0.1) is 16.8 Å². The average Bonchev–Trinajstić information content (AvgIpc) is 2.67. The number of nitrogens with two attached hydrogens (primary N) is 1. The van der Waals surface area contributed by atoms with Crippen molar-refractivity contribution in [3.05, 3.63) is 33.8 Å². The van der Waals surface area contributed by atoms with Crippen LogP contribution in [0.2, 0.25) is 5.02 Å². The number of hydrogen-bond acceptors (Lipinski definition) is 5. The fourth-order valence-electron chi connectivity index (χ4n) is 2.26. The summed E-state index contributed by atoms with van der Waals surface area (Å²) in [7, 11) is -0.622. The molecule has 0 saturated carbocycles. The minimum Gasteiger partial charge on any atom is -0.507 e. The molecule has 1 aliphatic rings. The van der Waals surface area contributed by atoms with Crippen LogP contribution >= 0.6 is 11.6 Å². The van der Waals surface area contributed by atoms with Crippen LogP contribution in [0.15, 0.2) is 17.6 Å². The fourth-order valence-corrected chi connectivity index (χ4v) is 2.49. The molecule has 1 fully saturated rings. The SMILES string of the molecule is CC1(C)OB(C(=Cc2cc(Cl)cc(C=O)c2O)CN)OC1(C)C. The maximum absolute atomic E-state index is 11.0. The maximum Gasteiger partial charge on any atom is 0.491 e. The lowest BCUT2D eigenvalue weighted by Crippen LogP contribution is -2.41. The Kier molecular flexibility index (Phi) is 4.92. The Bertz CT molecular complexity index is 642. The Balaban J connectivity index is 2.42. The van der Waals surface area contributed by atoms with E-state index in [9.17, 15) is 9.90 Å². The normalized spacial score (nSPS) is 19.9. The third-order valence-corrected chi connectivity index (χ3v) is 4.61. The molecule has 1 aliphatic heterocycles. The van der Waals surface area contributed by atoms with Gasteiger partial charge in [-0.05, 0) is 45.3 Å². The van der Waals surface area contributed by atoms with Gasteiger partial charge < -0.3 is 20.1 Å². The molecule has 0 atom stereocenters. The number of halogens is 1. The van der Waals surface area contributed by atoms with E-state index in [1.807, 2.05) is 27.7 Å². The van der Waals surface area contributed by atoms with Crippen LogP contribution in [-0.2, 0) is 9.31 Å². The predicted octanol–water partition coefficient (Wildman–Crippen LogP) is 2.83. The zero-order valence-electron chi connectivity index (χ0n) is 13.7. The number of carbonyl (C=O) groups is 1. The summed E-state index contributed by atoms with van der Waals surface area (Å²) in [6.45, 7) is 7.97. The topological polar surface area (TPSA) is 81.8 Å². The van der Waals surface area contributed by atoms with Gasteiger partial charge in [0.25, 0.3) is 0 Å². The number of carbonyl (C=O) groups excluding carboxylic acids is 1. The first-order chi connectivity index (χ1) is 10.6. The average molecular weight is 338 g/mol. The number of phenols is 1. The summed E-state index contributed by atoms with van der Waals surface area (Å²) in [6.07, 6.45) is 2.20. The molecule has 0 radical (unpaired) electrons. The number of hydrogen-bond donors (Lipinski definition) is 2. The first-order valence-corrected chi connectivity index (χ1v) is 7.73. The Hall–Kier alpha value is -1.34. The maximum atomic E-state index is 11.0. The summed E-state index contributed by atoms with van der Waals surface area (Å²) in [5, 5.41) is 10.5.